The van der Waals surface area contributed by atoms with Crippen LogP contribution in [-0.4, -0.2) is 11.9 Å². The van der Waals surface area contributed by atoms with Gasteiger partial charge in [-0.15, -0.1) is 0 Å². The van der Waals surface area contributed by atoms with Gasteiger partial charge in [-0.3, -0.25) is 4.79 Å². The van der Waals surface area contributed by atoms with E-state index in [1.54, 1.807) is 0 Å². The first-order valence-corrected chi connectivity index (χ1v) is 5.72. The molecule has 80 valence electrons. The Morgan fingerprint density at radius 3 is 2.40 bits per heavy atom. The van der Waals surface area contributed by atoms with E-state index in [9.17, 15) is 4.79 Å². The molecule has 0 bridgehead atoms. The van der Waals surface area contributed by atoms with E-state index in [1.165, 1.54) is 19.3 Å². The lowest BCUT2D eigenvalue weighted by Crippen LogP contribution is -2.36. The zero-order valence-corrected chi connectivity index (χ0v) is 8.91. The van der Waals surface area contributed by atoms with Crippen molar-refractivity contribution in [1.82, 2.24) is 5.32 Å². The molecule has 1 N–H and O–H groups in total. The molecule has 0 atom stereocenters. The van der Waals surface area contributed by atoms with Crippen LogP contribution >= 0.6 is 0 Å². The average Bonchev–Trinajstić information content (AvgIpc) is 2.31. The molecule has 1 aliphatic rings. The van der Waals surface area contributed by atoms with Crippen LogP contribution in [0.25, 0.3) is 0 Å². The molecule has 1 aromatic rings. The molecule has 1 fully saturated rings. The third-order valence-electron chi connectivity index (χ3n) is 2.98. The van der Waals surface area contributed by atoms with E-state index in [-0.39, 0.29) is 5.91 Å². The van der Waals surface area contributed by atoms with Gasteiger partial charge >= 0.3 is 0 Å². The maximum absolute atomic E-state index is 11.8. The molecule has 0 spiro atoms. The molecule has 0 unspecified atom stereocenters. The molecule has 2 heteroatoms. The molecule has 1 saturated carbocycles. The van der Waals surface area contributed by atoms with Crippen LogP contribution < -0.4 is 5.32 Å². The summed E-state index contributed by atoms with van der Waals surface area (Å²) in [4.78, 5) is 11.8. The van der Waals surface area contributed by atoms with Gasteiger partial charge in [0, 0.05) is 11.6 Å². The predicted octanol–water partition coefficient (Wildman–Crippen LogP) is 2.75. The molecule has 2 nitrogen and oxygen atoms in total. The van der Waals surface area contributed by atoms with Crippen LogP contribution in [0.15, 0.2) is 30.3 Å². The molecule has 0 aromatic heterocycles. The Morgan fingerprint density at radius 1 is 1.07 bits per heavy atom. The minimum absolute atomic E-state index is 0.0718. The summed E-state index contributed by atoms with van der Waals surface area (Å²) >= 11 is 0. The quantitative estimate of drug-likeness (QED) is 0.786. The first-order chi connectivity index (χ1) is 7.36. The van der Waals surface area contributed by atoms with Crippen LogP contribution in [0.2, 0.25) is 0 Å². The highest BCUT2D eigenvalue weighted by atomic mass is 16.1. The van der Waals surface area contributed by atoms with Crippen molar-refractivity contribution >= 4 is 5.91 Å². The summed E-state index contributed by atoms with van der Waals surface area (Å²) in [6.07, 6.45) is 6.09. The van der Waals surface area contributed by atoms with E-state index < -0.39 is 0 Å². The number of amides is 1. The second kappa shape index (κ2) is 4.96. The Labute approximate surface area is 90.7 Å². The number of hydrogen-bond acceptors (Lipinski definition) is 1. The topological polar surface area (TPSA) is 29.1 Å². The lowest BCUT2D eigenvalue weighted by atomic mass is 9.95. The monoisotopic (exact) mass is 203 g/mol. The van der Waals surface area contributed by atoms with E-state index in [1.807, 2.05) is 30.3 Å². The molecule has 0 radical (unpaired) electrons. The van der Waals surface area contributed by atoms with E-state index in [0.717, 1.165) is 18.4 Å². The number of carbonyl (C=O) groups is 1. The minimum atomic E-state index is 0.0718. The van der Waals surface area contributed by atoms with Crippen molar-refractivity contribution in [3.63, 3.8) is 0 Å². The summed E-state index contributed by atoms with van der Waals surface area (Å²) in [7, 11) is 0. The van der Waals surface area contributed by atoms with Gasteiger partial charge in [0.1, 0.15) is 0 Å². The van der Waals surface area contributed by atoms with Crippen molar-refractivity contribution in [2.24, 2.45) is 0 Å². The summed E-state index contributed by atoms with van der Waals surface area (Å²) in [5.74, 6) is 0.0718. The fourth-order valence-corrected chi connectivity index (χ4v) is 2.11. The molecular formula is C13H17NO. The van der Waals surface area contributed by atoms with E-state index in [0.29, 0.717) is 6.04 Å². The second-order valence-electron chi connectivity index (χ2n) is 4.17. The number of rotatable bonds is 2. The number of hydrogen-bond donors (Lipinski definition) is 1. The van der Waals surface area contributed by atoms with Crippen LogP contribution in [0.3, 0.4) is 0 Å². The van der Waals surface area contributed by atoms with Gasteiger partial charge in [-0.25, -0.2) is 0 Å². The largest absolute Gasteiger partial charge is 0.349 e. The third-order valence-corrected chi connectivity index (χ3v) is 2.98. The molecule has 0 aliphatic heterocycles. The molecule has 15 heavy (non-hydrogen) atoms. The minimum Gasteiger partial charge on any atom is -0.349 e. The van der Waals surface area contributed by atoms with E-state index >= 15 is 0 Å². The summed E-state index contributed by atoms with van der Waals surface area (Å²) in [6, 6.07) is 9.84. The van der Waals surface area contributed by atoms with Crippen LogP contribution in [0.5, 0.6) is 0 Å². The van der Waals surface area contributed by atoms with Crippen molar-refractivity contribution < 1.29 is 4.79 Å². The summed E-state index contributed by atoms with van der Waals surface area (Å²) in [5.41, 5.74) is 0.767. The van der Waals surface area contributed by atoms with E-state index in [4.69, 9.17) is 0 Å². The molecule has 0 saturated heterocycles. The summed E-state index contributed by atoms with van der Waals surface area (Å²) < 4.78 is 0. The molecule has 1 aromatic carbocycles. The van der Waals surface area contributed by atoms with Crippen LogP contribution in [0, 0.1) is 0 Å². The Kier molecular flexibility index (Phi) is 3.38. The third kappa shape index (κ3) is 2.82. The van der Waals surface area contributed by atoms with Gasteiger partial charge in [-0.2, -0.15) is 0 Å². The zero-order chi connectivity index (χ0) is 10.5. The Morgan fingerprint density at radius 2 is 1.73 bits per heavy atom. The zero-order valence-electron chi connectivity index (χ0n) is 8.91. The van der Waals surface area contributed by atoms with Gasteiger partial charge in [0.25, 0.3) is 5.91 Å². The fourth-order valence-electron chi connectivity index (χ4n) is 2.11. The van der Waals surface area contributed by atoms with Crippen molar-refractivity contribution in [3.8, 4) is 0 Å². The van der Waals surface area contributed by atoms with Gasteiger partial charge in [0.05, 0.1) is 0 Å². The normalized spacial score (nSPS) is 17.3. The highest BCUT2D eigenvalue weighted by molar-refractivity contribution is 5.94. The standard InChI is InChI=1S/C13H17NO/c15-13(11-7-3-1-4-8-11)14-12-9-5-2-6-10-12/h1,3-4,7-8,12H,2,5-6,9-10H2,(H,14,15). The summed E-state index contributed by atoms with van der Waals surface area (Å²) in [6.45, 7) is 0. The molecular weight excluding hydrogens is 186 g/mol. The first kappa shape index (κ1) is 10.2. The Hall–Kier alpha value is -1.31. The first-order valence-electron chi connectivity index (χ1n) is 5.72. The Balaban J connectivity index is 1.91. The number of carbonyl (C=O) groups excluding carboxylic acids is 1. The van der Waals surface area contributed by atoms with Crippen molar-refractivity contribution in [1.29, 1.82) is 0 Å². The van der Waals surface area contributed by atoms with Gasteiger partial charge in [-0.1, -0.05) is 37.5 Å². The molecule has 1 aliphatic carbocycles. The molecule has 1 amide bonds. The highest BCUT2D eigenvalue weighted by Crippen LogP contribution is 2.17. The van der Waals surface area contributed by atoms with Crippen molar-refractivity contribution in [2.75, 3.05) is 0 Å². The summed E-state index contributed by atoms with van der Waals surface area (Å²) in [5, 5.41) is 3.10. The van der Waals surface area contributed by atoms with E-state index in [2.05, 4.69) is 5.32 Å². The fraction of sp³-hybridized carbons (Fsp3) is 0.462. The molecule has 0 heterocycles. The van der Waals surface area contributed by atoms with Crippen molar-refractivity contribution in [3.05, 3.63) is 35.9 Å². The lowest BCUT2D eigenvalue weighted by Gasteiger charge is -2.22. The maximum Gasteiger partial charge on any atom is 0.251 e. The maximum atomic E-state index is 11.8. The van der Waals surface area contributed by atoms with Crippen molar-refractivity contribution in [2.45, 2.75) is 38.1 Å². The number of benzene rings is 1. The van der Waals surface area contributed by atoms with Crippen LogP contribution in [-0.2, 0) is 0 Å². The van der Waals surface area contributed by atoms with Gasteiger partial charge in [-0.05, 0) is 25.0 Å². The average molecular weight is 203 g/mol. The molecule has 2 rings (SSSR count). The smallest absolute Gasteiger partial charge is 0.251 e. The predicted molar refractivity (Wildman–Crippen MR) is 60.8 cm³/mol. The lowest BCUT2D eigenvalue weighted by molar-refractivity contribution is 0.0927. The van der Waals surface area contributed by atoms with Crippen LogP contribution in [0.1, 0.15) is 42.5 Å². The van der Waals surface area contributed by atoms with Gasteiger partial charge in [0.15, 0.2) is 0 Å². The Bertz CT molecular complexity index is 315. The second-order valence-corrected chi connectivity index (χ2v) is 4.17. The SMILES string of the molecule is O=C(NC1CCCCC1)c1ccccc1. The van der Waals surface area contributed by atoms with Gasteiger partial charge in [0.2, 0.25) is 0 Å². The highest BCUT2D eigenvalue weighted by Gasteiger charge is 2.15. The van der Waals surface area contributed by atoms with Gasteiger partial charge < -0.3 is 5.32 Å². The van der Waals surface area contributed by atoms with Crippen LogP contribution in [0.4, 0.5) is 0 Å². The number of nitrogens with one attached hydrogen (secondary N) is 1.